The minimum Gasteiger partial charge on any atom is -0.313 e. The highest BCUT2D eigenvalue weighted by Crippen LogP contribution is 2.25. The highest BCUT2D eigenvalue weighted by atomic mass is 35.5. The molecule has 1 saturated heterocycles. The maximum Gasteiger partial charge on any atom is 0.115 e. The molecule has 15 heavy (non-hydrogen) atoms. The van der Waals surface area contributed by atoms with Crippen molar-refractivity contribution in [1.29, 1.82) is 0 Å². The lowest BCUT2D eigenvalue weighted by Crippen LogP contribution is -2.35. The molecule has 1 aliphatic rings. The number of aromatic nitrogens is 1. The number of hydrogen-bond donors (Lipinski definition) is 1. The first-order valence-electron chi connectivity index (χ1n) is 5.33. The Morgan fingerprint density at radius 2 is 2.47 bits per heavy atom. The SMILES string of the molecule is Clc1cccnc1SCC1CCCCN1. The number of hydrogen-bond acceptors (Lipinski definition) is 3. The van der Waals surface area contributed by atoms with Crippen LogP contribution in [0.1, 0.15) is 19.3 Å². The molecule has 2 heterocycles. The molecule has 82 valence electrons. The zero-order valence-corrected chi connectivity index (χ0v) is 10.2. The van der Waals surface area contributed by atoms with Crippen molar-refractivity contribution in [1.82, 2.24) is 10.3 Å². The summed E-state index contributed by atoms with van der Waals surface area (Å²) >= 11 is 7.79. The predicted octanol–water partition coefficient (Wildman–Crippen LogP) is 2.97. The van der Waals surface area contributed by atoms with Gasteiger partial charge in [0.1, 0.15) is 5.03 Å². The van der Waals surface area contributed by atoms with Gasteiger partial charge in [0.05, 0.1) is 5.02 Å². The molecule has 1 aromatic heterocycles. The minimum absolute atomic E-state index is 0.627. The van der Waals surface area contributed by atoms with Gasteiger partial charge in [-0.05, 0) is 31.5 Å². The molecule has 1 aromatic rings. The van der Waals surface area contributed by atoms with Gasteiger partial charge in [-0.15, -0.1) is 11.8 Å². The van der Waals surface area contributed by atoms with Crippen molar-refractivity contribution < 1.29 is 0 Å². The zero-order chi connectivity index (χ0) is 10.5. The van der Waals surface area contributed by atoms with Crippen molar-refractivity contribution in [3.63, 3.8) is 0 Å². The van der Waals surface area contributed by atoms with Gasteiger partial charge in [0.25, 0.3) is 0 Å². The number of nitrogens with zero attached hydrogens (tertiary/aromatic N) is 1. The van der Waals surface area contributed by atoms with E-state index in [1.54, 1.807) is 18.0 Å². The van der Waals surface area contributed by atoms with Gasteiger partial charge in [-0.25, -0.2) is 4.98 Å². The molecule has 2 nitrogen and oxygen atoms in total. The number of pyridine rings is 1. The molecule has 1 N–H and O–H groups in total. The molecule has 0 spiro atoms. The molecule has 1 unspecified atom stereocenters. The number of piperidine rings is 1. The van der Waals surface area contributed by atoms with Crippen LogP contribution >= 0.6 is 23.4 Å². The Labute approximate surface area is 99.8 Å². The van der Waals surface area contributed by atoms with E-state index in [4.69, 9.17) is 11.6 Å². The molecule has 1 atom stereocenters. The molecule has 0 bridgehead atoms. The van der Waals surface area contributed by atoms with Crippen LogP contribution < -0.4 is 5.32 Å². The molecular formula is C11H15ClN2S. The van der Waals surface area contributed by atoms with Crippen LogP contribution in [0.4, 0.5) is 0 Å². The fourth-order valence-electron chi connectivity index (χ4n) is 1.72. The first-order valence-corrected chi connectivity index (χ1v) is 6.69. The van der Waals surface area contributed by atoms with Gasteiger partial charge in [0.2, 0.25) is 0 Å². The molecule has 0 aliphatic carbocycles. The van der Waals surface area contributed by atoms with Crippen molar-refractivity contribution in [2.75, 3.05) is 12.3 Å². The highest BCUT2D eigenvalue weighted by molar-refractivity contribution is 7.99. The van der Waals surface area contributed by atoms with E-state index < -0.39 is 0 Å². The zero-order valence-electron chi connectivity index (χ0n) is 8.58. The van der Waals surface area contributed by atoms with Crippen molar-refractivity contribution >= 4 is 23.4 Å². The number of halogens is 1. The second-order valence-electron chi connectivity index (χ2n) is 3.75. The summed E-state index contributed by atoms with van der Waals surface area (Å²) in [7, 11) is 0. The number of rotatable bonds is 3. The summed E-state index contributed by atoms with van der Waals surface area (Å²) in [5, 5.41) is 5.23. The Hall–Kier alpha value is -0.250. The highest BCUT2D eigenvalue weighted by Gasteiger charge is 2.13. The summed E-state index contributed by atoms with van der Waals surface area (Å²) < 4.78 is 0. The summed E-state index contributed by atoms with van der Waals surface area (Å²) in [6, 6.07) is 4.39. The minimum atomic E-state index is 0.627. The summed E-state index contributed by atoms with van der Waals surface area (Å²) in [6.45, 7) is 1.15. The second kappa shape index (κ2) is 5.73. The predicted molar refractivity (Wildman–Crippen MR) is 65.6 cm³/mol. The third kappa shape index (κ3) is 3.37. The van der Waals surface area contributed by atoms with E-state index in [-0.39, 0.29) is 0 Å². The maximum atomic E-state index is 6.04. The van der Waals surface area contributed by atoms with Gasteiger partial charge in [0, 0.05) is 18.0 Å². The van der Waals surface area contributed by atoms with Crippen LogP contribution in [0.2, 0.25) is 5.02 Å². The Morgan fingerprint density at radius 3 is 3.20 bits per heavy atom. The number of nitrogens with one attached hydrogen (secondary N) is 1. The van der Waals surface area contributed by atoms with Gasteiger partial charge in [0.15, 0.2) is 0 Å². The van der Waals surface area contributed by atoms with Crippen molar-refractivity contribution in [2.45, 2.75) is 30.3 Å². The standard InChI is InChI=1S/C11H15ClN2S/c12-10-5-3-7-14-11(10)15-8-9-4-1-2-6-13-9/h3,5,7,9,13H,1-2,4,6,8H2. The lowest BCUT2D eigenvalue weighted by atomic mass is 10.1. The van der Waals surface area contributed by atoms with E-state index in [1.807, 2.05) is 12.1 Å². The molecule has 1 fully saturated rings. The van der Waals surface area contributed by atoms with Crippen LogP contribution in [0.15, 0.2) is 23.4 Å². The molecule has 4 heteroatoms. The Kier molecular flexibility index (Phi) is 4.29. The molecule has 0 radical (unpaired) electrons. The summed E-state index contributed by atoms with van der Waals surface area (Å²) in [5.74, 6) is 1.07. The van der Waals surface area contributed by atoms with E-state index in [2.05, 4.69) is 10.3 Å². The monoisotopic (exact) mass is 242 g/mol. The summed E-state index contributed by atoms with van der Waals surface area (Å²) in [5.41, 5.74) is 0. The topological polar surface area (TPSA) is 24.9 Å². The lowest BCUT2D eigenvalue weighted by molar-refractivity contribution is 0.430. The molecule has 0 amide bonds. The van der Waals surface area contributed by atoms with Crippen LogP contribution in [-0.2, 0) is 0 Å². The van der Waals surface area contributed by atoms with Gasteiger partial charge in [-0.2, -0.15) is 0 Å². The number of thioether (sulfide) groups is 1. The first kappa shape index (κ1) is 11.2. The van der Waals surface area contributed by atoms with Crippen molar-refractivity contribution in [3.05, 3.63) is 23.4 Å². The van der Waals surface area contributed by atoms with E-state index in [1.165, 1.54) is 19.3 Å². The fourth-order valence-corrected chi connectivity index (χ4v) is 2.99. The van der Waals surface area contributed by atoms with Gasteiger partial charge in [-0.1, -0.05) is 18.0 Å². The largest absolute Gasteiger partial charge is 0.313 e. The van der Waals surface area contributed by atoms with Crippen molar-refractivity contribution in [3.8, 4) is 0 Å². The van der Waals surface area contributed by atoms with Gasteiger partial charge >= 0.3 is 0 Å². The van der Waals surface area contributed by atoms with Crippen LogP contribution in [0.25, 0.3) is 0 Å². The Morgan fingerprint density at radius 1 is 1.53 bits per heavy atom. The van der Waals surface area contributed by atoms with E-state index in [9.17, 15) is 0 Å². The molecule has 0 aromatic carbocycles. The van der Waals surface area contributed by atoms with Gasteiger partial charge in [-0.3, -0.25) is 0 Å². The van der Waals surface area contributed by atoms with E-state index in [0.717, 1.165) is 22.3 Å². The fraction of sp³-hybridized carbons (Fsp3) is 0.545. The quantitative estimate of drug-likeness (QED) is 0.825. The normalized spacial score (nSPS) is 21.5. The smallest absolute Gasteiger partial charge is 0.115 e. The van der Waals surface area contributed by atoms with Crippen LogP contribution in [0.3, 0.4) is 0 Å². The molecular weight excluding hydrogens is 228 g/mol. The second-order valence-corrected chi connectivity index (χ2v) is 5.16. The maximum absolute atomic E-state index is 6.04. The third-order valence-electron chi connectivity index (χ3n) is 2.56. The van der Waals surface area contributed by atoms with Crippen LogP contribution in [-0.4, -0.2) is 23.3 Å². The average molecular weight is 243 g/mol. The molecule has 1 aliphatic heterocycles. The lowest BCUT2D eigenvalue weighted by Gasteiger charge is -2.22. The van der Waals surface area contributed by atoms with Crippen molar-refractivity contribution in [2.24, 2.45) is 0 Å². The molecule has 0 saturated carbocycles. The average Bonchev–Trinajstić information content (AvgIpc) is 2.29. The molecule has 2 rings (SSSR count). The van der Waals surface area contributed by atoms with E-state index in [0.29, 0.717) is 6.04 Å². The van der Waals surface area contributed by atoms with Gasteiger partial charge < -0.3 is 5.32 Å². The van der Waals surface area contributed by atoms with E-state index >= 15 is 0 Å². The Bertz CT molecular complexity index is 313. The summed E-state index contributed by atoms with van der Waals surface area (Å²) in [6.07, 6.45) is 5.72. The first-order chi connectivity index (χ1) is 7.36. The Balaban J connectivity index is 1.84. The summed E-state index contributed by atoms with van der Waals surface area (Å²) in [4.78, 5) is 4.27. The van der Waals surface area contributed by atoms with Crippen LogP contribution in [0, 0.1) is 0 Å². The van der Waals surface area contributed by atoms with Crippen LogP contribution in [0.5, 0.6) is 0 Å². The third-order valence-corrected chi connectivity index (χ3v) is 4.14.